The van der Waals surface area contributed by atoms with Crippen LogP contribution in [0.5, 0.6) is 0 Å². The molecule has 0 bridgehead atoms. The van der Waals surface area contributed by atoms with Gasteiger partial charge in [0.15, 0.2) is 15.6 Å². The maximum absolute atomic E-state index is 12.7. The van der Waals surface area contributed by atoms with E-state index in [0.29, 0.717) is 17.5 Å². The quantitative estimate of drug-likeness (QED) is 0.567. The molecule has 1 atom stereocenters. The second-order valence-corrected chi connectivity index (χ2v) is 11.2. The van der Waals surface area contributed by atoms with Crippen LogP contribution in [-0.4, -0.2) is 47.6 Å². The van der Waals surface area contributed by atoms with E-state index in [9.17, 15) is 26.4 Å². The molecule has 0 fully saturated rings. The van der Waals surface area contributed by atoms with Gasteiger partial charge >= 0.3 is 0 Å². The summed E-state index contributed by atoms with van der Waals surface area (Å²) < 4.78 is 48.8. The van der Waals surface area contributed by atoms with Crippen molar-refractivity contribution < 1.29 is 26.4 Å². The summed E-state index contributed by atoms with van der Waals surface area (Å²) in [6.45, 7) is 2.76. The molecule has 31 heavy (non-hydrogen) atoms. The van der Waals surface area contributed by atoms with Crippen LogP contribution in [0.15, 0.2) is 53.4 Å². The Morgan fingerprint density at radius 1 is 1.00 bits per heavy atom. The summed E-state index contributed by atoms with van der Waals surface area (Å²) in [7, 11) is -7.12. The Hall–Kier alpha value is -2.72. The van der Waals surface area contributed by atoms with Crippen molar-refractivity contribution in [1.82, 2.24) is 5.32 Å². The van der Waals surface area contributed by atoms with Crippen molar-refractivity contribution in [2.45, 2.75) is 31.2 Å². The van der Waals surface area contributed by atoms with E-state index in [1.165, 1.54) is 31.2 Å². The molecule has 0 aliphatic heterocycles. The number of amides is 1. The number of anilines is 1. The summed E-state index contributed by atoms with van der Waals surface area (Å²) in [5, 5.41) is 2.79. The van der Waals surface area contributed by atoms with Crippen molar-refractivity contribution in [3.63, 3.8) is 0 Å². The van der Waals surface area contributed by atoms with Gasteiger partial charge in [-0.2, -0.15) is 0 Å². The van der Waals surface area contributed by atoms with Crippen molar-refractivity contribution >= 4 is 37.2 Å². The number of nitrogens with zero attached hydrogens (tertiary/aromatic N) is 1. The van der Waals surface area contributed by atoms with Crippen LogP contribution in [0.1, 0.15) is 42.2 Å². The Bertz CT molecular complexity index is 1170. The van der Waals surface area contributed by atoms with E-state index < -0.39 is 38.4 Å². The largest absolute Gasteiger partial charge is 0.348 e. The first-order chi connectivity index (χ1) is 14.3. The number of carbonyl (C=O) groups excluding carboxylic acids is 2. The Morgan fingerprint density at radius 3 is 2.10 bits per heavy atom. The molecule has 1 amide bonds. The lowest BCUT2D eigenvalue weighted by Gasteiger charge is -2.24. The minimum Gasteiger partial charge on any atom is -0.348 e. The molecule has 8 nitrogen and oxygen atoms in total. The van der Waals surface area contributed by atoms with E-state index in [-0.39, 0.29) is 16.4 Å². The van der Waals surface area contributed by atoms with E-state index in [1.807, 2.05) is 6.92 Å². The van der Waals surface area contributed by atoms with Gasteiger partial charge in [-0.15, -0.1) is 0 Å². The molecule has 0 heterocycles. The van der Waals surface area contributed by atoms with Crippen molar-refractivity contribution in [3.05, 3.63) is 59.7 Å². The third-order valence-corrected chi connectivity index (χ3v) is 6.95. The van der Waals surface area contributed by atoms with E-state index in [0.717, 1.165) is 16.8 Å². The number of hydrogen-bond donors (Lipinski definition) is 1. The van der Waals surface area contributed by atoms with Gasteiger partial charge in [0.1, 0.15) is 6.54 Å². The lowest BCUT2D eigenvalue weighted by Crippen LogP contribution is -2.41. The van der Waals surface area contributed by atoms with Crippen LogP contribution in [0.4, 0.5) is 5.69 Å². The van der Waals surface area contributed by atoms with Gasteiger partial charge in [-0.05, 0) is 43.2 Å². The number of carbonyl (C=O) groups is 2. The number of nitrogens with one attached hydrogen (secondary N) is 1. The molecule has 0 saturated carbocycles. The van der Waals surface area contributed by atoms with E-state index in [1.54, 1.807) is 24.3 Å². The molecule has 2 aromatic carbocycles. The molecule has 0 saturated heterocycles. The zero-order valence-electron chi connectivity index (χ0n) is 17.8. The topological polar surface area (TPSA) is 118 Å². The first-order valence-electron chi connectivity index (χ1n) is 9.51. The first kappa shape index (κ1) is 24.5. The second kappa shape index (κ2) is 9.61. The number of ketones is 1. The third kappa shape index (κ3) is 6.63. The van der Waals surface area contributed by atoms with Crippen LogP contribution in [0, 0.1) is 0 Å². The van der Waals surface area contributed by atoms with E-state index in [2.05, 4.69) is 5.32 Å². The van der Waals surface area contributed by atoms with Gasteiger partial charge in [0, 0.05) is 11.8 Å². The Balaban J connectivity index is 2.23. The smallest absolute Gasteiger partial charge is 0.241 e. The minimum absolute atomic E-state index is 0.172. The van der Waals surface area contributed by atoms with Crippen molar-refractivity contribution in [2.75, 3.05) is 23.4 Å². The van der Waals surface area contributed by atoms with Crippen molar-refractivity contribution in [2.24, 2.45) is 0 Å². The molecule has 2 aromatic rings. The maximum Gasteiger partial charge on any atom is 0.241 e. The average Bonchev–Trinajstić information content (AvgIpc) is 2.69. The summed E-state index contributed by atoms with van der Waals surface area (Å²) in [6.07, 6.45) is 2.62. The van der Waals surface area contributed by atoms with Gasteiger partial charge in [-0.1, -0.05) is 31.2 Å². The lowest BCUT2D eigenvalue weighted by molar-refractivity contribution is -0.120. The first-order valence-corrected chi connectivity index (χ1v) is 13.2. The van der Waals surface area contributed by atoms with Crippen LogP contribution in [0.3, 0.4) is 0 Å². The zero-order chi connectivity index (χ0) is 23.4. The van der Waals surface area contributed by atoms with Crippen molar-refractivity contribution in [1.29, 1.82) is 0 Å². The van der Waals surface area contributed by atoms with Gasteiger partial charge in [-0.3, -0.25) is 13.9 Å². The highest BCUT2D eigenvalue weighted by Crippen LogP contribution is 2.21. The highest BCUT2D eigenvalue weighted by atomic mass is 32.2. The standard InChI is InChI=1S/C21H26N2O6S2/c1-5-20(16-9-11-19(12-10-16)30(3,26)27)22-21(25)14-23(31(4,28)29)18-8-6-7-17(13-18)15(2)24/h6-13,20H,5,14H2,1-4H3,(H,22,25). The highest BCUT2D eigenvalue weighted by molar-refractivity contribution is 7.92. The molecule has 2 rings (SSSR count). The molecular weight excluding hydrogens is 440 g/mol. The van der Waals surface area contributed by atoms with Crippen LogP contribution >= 0.6 is 0 Å². The van der Waals surface area contributed by atoms with Crippen LogP contribution in [0.25, 0.3) is 0 Å². The minimum atomic E-state index is -3.79. The number of rotatable bonds is 9. The predicted octanol–water partition coefficient (Wildman–Crippen LogP) is 2.33. The molecular formula is C21H26N2O6S2. The van der Waals surface area contributed by atoms with Crippen LogP contribution in [-0.2, 0) is 24.7 Å². The number of benzene rings is 2. The molecule has 168 valence electrons. The Morgan fingerprint density at radius 2 is 1.61 bits per heavy atom. The van der Waals surface area contributed by atoms with E-state index in [4.69, 9.17) is 0 Å². The fourth-order valence-electron chi connectivity index (χ4n) is 3.02. The number of sulfonamides is 1. The SMILES string of the molecule is CCC(NC(=O)CN(c1cccc(C(C)=O)c1)S(C)(=O)=O)c1ccc(S(C)(=O)=O)cc1. The molecule has 1 unspecified atom stereocenters. The summed E-state index contributed by atoms with van der Waals surface area (Å²) in [4.78, 5) is 24.5. The lowest BCUT2D eigenvalue weighted by atomic mass is 10.0. The Kier molecular flexibility index (Phi) is 7.61. The predicted molar refractivity (Wildman–Crippen MR) is 119 cm³/mol. The van der Waals surface area contributed by atoms with Crippen LogP contribution < -0.4 is 9.62 Å². The summed E-state index contributed by atoms with van der Waals surface area (Å²) in [5.74, 6) is -0.749. The van der Waals surface area contributed by atoms with Gasteiger partial charge in [0.05, 0.1) is 22.9 Å². The fourth-order valence-corrected chi connectivity index (χ4v) is 4.50. The van der Waals surface area contributed by atoms with E-state index >= 15 is 0 Å². The maximum atomic E-state index is 12.7. The molecule has 10 heteroatoms. The molecule has 0 spiro atoms. The van der Waals surface area contributed by atoms with Gasteiger partial charge in [-0.25, -0.2) is 16.8 Å². The molecule has 0 aliphatic rings. The summed E-state index contributed by atoms with van der Waals surface area (Å²) >= 11 is 0. The normalized spacial score (nSPS) is 12.8. The van der Waals surface area contributed by atoms with Crippen LogP contribution in [0.2, 0.25) is 0 Å². The molecule has 0 aromatic heterocycles. The summed E-state index contributed by atoms with van der Waals surface area (Å²) in [6, 6.07) is 11.8. The number of sulfone groups is 1. The van der Waals surface area contributed by atoms with Gasteiger partial charge in [0.2, 0.25) is 15.9 Å². The van der Waals surface area contributed by atoms with Gasteiger partial charge in [0.25, 0.3) is 0 Å². The van der Waals surface area contributed by atoms with Crippen molar-refractivity contribution in [3.8, 4) is 0 Å². The summed E-state index contributed by atoms with van der Waals surface area (Å²) in [5.41, 5.74) is 1.26. The third-order valence-electron chi connectivity index (χ3n) is 4.68. The zero-order valence-corrected chi connectivity index (χ0v) is 19.5. The fraction of sp³-hybridized carbons (Fsp3) is 0.333. The van der Waals surface area contributed by atoms with Gasteiger partial charge < -0.3 is 5.32 Å². The number of Topliss-reactive ketones (excluding diaryl/α,β-unsaturated/α-hetero) is 1. The Labute approximate surface area is 183 Å². The monoisotopic (exact) mass is 466 g/mol. The average molecular weight is 467 g/mol. The molecule has 0 radical (unpaired) electrons. The highest BCUT2D eigenvalue weighted by Gasteiger charge is 2.23. The molecule has 0 aliphatic carbocycles. The number of hydrogen-bond acceptors (Lipinski definition) is 6. The second-order valence-electron chi connectivity index (χ2n) is 7.25. The molecule has 1 N–H and O–H groups in total.